The van der Waals surface area contributed by atoms with Gasteiger partial charge in [-0.3, -0.25) is 0 Å². The van der Waals surface area contributed by atoms with Gasteiger partial charge < -0.3 is 0 Å². The number of hydrogen-bond donors (Lipinski definition) is 0. The smallest absolute Gasteiger partial charge is 0.0162 e. The van der Waals surface area contributed by atoms with Crippen molar-refractivity contribution in [1.29, 1.82) is 0 Å². The molecule has 0 bridgehead atoms. The van der Waals surface area contributed by atoms with Gasteiger partial charge in [-0.1, -0.05) is 87.4 Å². The van der Waals surface area contributed by atoms with Gasteiger partial charge in [-0.2, -0.15) is 0 Å². The number of benzene rings is 1. The van der Waals surface area contributed by atoms with E-state index in [0.717, 1.165) is 5.92 Å². The average Bonchev–Trinajstić information content (AvgIpc) is 2.56. The van der Waals surface area contributed by atoms with Crippen LogP contribution in [0.3, 0.4) is 0 Å². The molecule has 0 heterocycles. The van der Waals surface area contributed by atoms with E-state index in [1.807, 2.05) is 0 Å². The van der Waals surface area contributed by atoms with Crippen LogP contribution in [0.25, 0.3) is 0 Å². The number of rotatable bonds is 1. The van der Waals surface area contributed by atoms with Crippen molar-refractivity contribution in [2.45, 2.75) is 89.4 Å². The van der Waals surface area contributed by atoms with E-state index in [-0.39, 0.29) is 0 Å². The molecule has 1 aromatic carbocycles. The standard InChI is InChI=1S/C22H34/c1-2-4-6-8-10-13-17-21(22-19-15-12-16-20-22)18-14-11-9-7-5-3-1/h1-2,12,15-16,19-21H,3-11,13-14,17-18H2. The molecule has 2 rings (SSSR count). The lowest BCUT2D eigenvalue weighted by atomic mass is 9.88. The summed E-state index contributed by atoms with van der Waals surface area (Å²) in [5, 5.41) is 0. The summed E-state index contributed by atoms with van der Waals surface area (Å²) in [6, 6.07) is 11.2. The van der Waals surface area contributed by atoms with E-state index >= 15 is 0 Å². The normalized spacial score (nSPS) is 23.2. The van der Waals surface area contributed by atoms with E-state index in [4.69, 9.17) is 0 Å². The van der Waals surface area contributed by atoms with Gasteiger partial charge in [-0.05, 0) is 50.0 Å². The summed E-state index contributed by atoms with van der Waals surface area (Å²) in [6.07, 6.45) is 22.9. The zero-order chi connectivity index (χ0) is 15.3. The molecule has 1 unspecified atom stereocenters. The third-order valence-corrected chi connectivity index (χ3v) is 5.03. The maximum absolute atomic E-state index is 2.42. The second-order valence-corrected chi connectivity index (χ2v) is 6.92. The molecule has 0 amide bonds. The topological polar surface area (TPSA) is 0 Å². The second kappa shape index (κ2) is 11.5. The molecule has 0 N–H and O–H groups in total. The summed E-state index contributed by atoms with van der Waals surface area (Å²) in [5.41, 5.74) is 1.58. The molecule has 0 heteroatoms. The van der Waals surface area contributed by atoms with Gasteiger partial charge in [-0.25, -0.2) is 0 Å². The van der Waals surface area contributed by atoms with Crippen LogP contribution in [0.4, 0.5) is 0 Å². The Kier molecular flexibility index (Phi) is 9.07. The quantitative estimate of drug-likeness (QED) is 0.473. The molecular formula is C22H34. The Balaban J connectivity index is 1.83. The second-order valence-electron chi connectivity index (χ2n) is 6.92. The van der Waals surface area contributed by atoms with Crippen LogP contribution in [0.5, 0.6) is 0 Å². The SMILES string of the molecule is C1=CCCCCCCC(c2ccccc2)CCCCCCC1. The molecular weight excluding hydrogens is 264 g/mol. The fourth-order valence-corrected chi connectivity index (χ4v) is 3.63. The Hall–Kier alpha value is -1.04. The van der Waals surface area contributed by atoms with Crippen molar-refractivity contribution < 1.29 is 0 Å². The molecule has 1 aliphatic carbocycles. The molecule has 0 saturated heterocycles. The molecule has 0 nitrogen and oxygen atoms in total. The highest BCUT2D eigenvalue weighted by molar-refractivity contribution is 5.19. The molecule has 0 spiro atoms. The molecule has 122 valence electrons. The molecule has 1 atom stereocenters. The predicted molar refractivity (Wildman–Crippen MR) is 98.3 cm³/mol. The van der Waals surface area contributed by atoms with Crippen LogP contribution in [0.1, 0.15) is 95.0 Å². The summed E-state index contributed by atoms with van der Waals surface area (Å²) >= 11 is 0. The Labute approximate surface area is 138 Å². The Bertz CT molecular complexity index is 390. The minimum atomic E-state index is 0.800. The predicted octanol–water partition coefficient (Wildman–Crippen LogP) is 7.41. The third kappa shape index (κ3) is 7.29. The summed E-state index contributed by atoms with van der Waals surface area (Å²) < 4.78 is 0. The highest BCUT2D eigenvalue weighted by Crippen LogP contribution is 2.28. The lowest BCUT2D eigenvalue weighted by molar-refractivity contribution is 0.489. The molecule has 0 fully saturated rings. The van der Waals surface area contributed by atoms with Crippen molar-refractivity contribution in [3.8, 4) is 0 Å². The van der Waals surface area contributed by atoms with E-state index in [1.165, 1.54) is 83.5 Å². The molecule has 0 aliphatic heterocycles. The molecule has 22 heavy (non-hydrogen) atoms. The van der Waals surface area contributed by atoms with Crippen LogP contribution in [-0.4, -0.2) is 0 Å². The van der Waals surface area contributed by atoms with Crippen molar-refractivity contribution in [2.24, 2.45) is 0 Å². The van der Waals surface area contributed by atoms with Crippen molar-refractivity contribution in [1.82, 2.24) is 0 Å². The van der Waals surface area contributed by atoms with Crippen molar-refractivity contribution in [3.63, 3.8) is 0 Å². The fourth-order valence-electron chi connectivity index (χ4n) is 3.63. The van der Waals surface area contributed by atoms with E-state index < -0.39 is 0 Å². The first-order chi connectivity index (χ1) is 11.0. The average molecular weight is 299 g/mol. The first kappa shape index (κ1) is 17.3. The Morgan fingerprint density at radius 1 is 0.545 bits per heavy atom. The van der Waals surface area contributed by atoms with Crippen LogP contribution < -0.4 is 0 Å². The van der Waals surface area contributed by atoms with Gasteiger partial charge in [0.25, 0.3) is 0 Å². The van der Waals surface area contributed by atoms with Crippen LogP contribution in [0, 0.1) is 0 Å². The molecule has 0 saturated carbocycles. The maximum atomic E-state index is 2.42. The monoisotopic (exact) mass is 298 g/mol. The van der Waals surface area contributed by atoms with Gasteiger partial charge in [0.15, 0.2) is 0 Å². The minimum Gasteiger partial charge on any atom is -0.0885 e. The molecule has 0 aromatic heterocycles. The van der Waals surface area contributed by atoms with Gasteiger partial charge >= 0.3 is 0 Å². The summed E-state index contributed by atoms with van der Waals surface area (Å²) in [4.78, 5) is 0. The van der Waals surface area contributed by atoms with Gasteiger partial charge in [0, 0.05) is 0 Å². The number of hydrogen-bond acceptors (Lipinski definition) is 0. The third-order valence-electron chi connectivity index (χ3n) is 5.03. The van der Waals surface area contributed by atoms with Crippen molar-refractivity contribution >= 4 is 0 Å². The van der Waals surface area contributed by atoms with E-state index in [1.54, 1.807) is 5.56 Å². The first-order valence-electron chi connectivity index (χ1n) is 9.67. The van der Waals surface area contributed by atoms with Gasteiger partial charge in [0.1, 0.15) is 0 Å². The van der Waals surface area contributed by atoms with Crippen molar-refractivity contribution in [2.75, 3.05) is 0 Å². The van der Waals surface area contributed by atoms with Gasteiger partial charge in [0.05, 0.1) is 0 Å². The van der Waals surface area contributed by atoms with Crippen LogP contribution in [0.15, 0.2) is 42.5 Å². The molecule has 1 aliphatic rings. The lowest BCUT2D eigenvalue weighted by Gasteiger charge is -2.17. The minimum absolute atomic E-state index is 0.800. The van der Waals surface area contributed by atoms with E-state index in [9.17, 15) is 0 Å². The van der Waals surface area contributed by atoms with Crippen molar-refractivity contribution in [3.05, 3.63) is 48.0 Å². The highest BCUT2D eigenvalue weighted by Gasteiger charge is 2.10. The maximum Gasteiger partial charge on any atom is -0.0162 e. The Morgan fingerprint density at radius 3 is 1.64 bits per heavy atom. The van der Waals surface area contributed by atoms with Gasteiger partial charge in [0.2, 0.25) is 0 Å². The molecule has 0 radical (unpaired) electrons. The lowest BCUT2D eigenvalue weighted by Crippen LogP contribution is -1.99. The molecule has 1 aromatic rings. The zero-order valence-electron chi connectivity index (χ0n) is 14.3. The fraction of sp³-hybridized carbons (Fsp3) is 0.636. The zero-order valence-corrected chi connectivity index (χ0v) is 14.3. The first-order valence-corrected chi connectivity index (χ1v) is 9.67. The number of allylic oxidation sites excluding steroid dienone is 2. The van der Waals surface area contributed by atoms with E-state index in [0.29, 0.717) is 0 Å². The van der Waals surface area contributed by atoms with E-state index in [2.05, 4.69) is 42.5 Å². The highest BCUT2D eigenvalue weighted by atomic mass is 14.2. The summed E-state index contributed by atoms with van der Waals surface area (Å²) in [5.74, 6) is 0.800. The van der Waals surface area contributed by atoms with Gasteiger partial charge in [-0.15, -0.1) is 0 Å². The largest absolute Gasteiger partial charge is 0.0885 e. The van der Waals surface area contributed by atoms with Crippen LogP contribution >= 0.6 is 0 Å². The summed E-state index contributed by atoms with van der Waals surface area (Å²) in [7, 11) is 0. The van der Waals surface area contributed by atoms with Crippen LogP contribution in [-0.2, 0) is 0 Å². The summed E-state index contributed by atoms with van der Waals surface area (Å²) in [6.45, 7) is 0. The van der Waals surface area contributed by atoms with Crippen LogP contribution in [0.2, 0.25) is 0 Å². The Morgan fingerprint density at radius 2 is 1.05 bits per heavy atom.